The summed E-state index contributed by atoms with van der Waals surface area (Å²) in [5.41, 5.74) is 0. The number of unbranched alkanes of at least 4 members (excludes halogenated alkanes) is 1. The molecule has 0 bridgehead atoms. The molecule has 0 amide bonds. The Labute approximate surface area is 77.2 Å². The van der Waals surface area contributed by atoms with E-state index in [1.54, 1.807) is 0 Å². The summed E-state index contributed by atoms with van der Waals surface area (Å²) in [6.07, 6.45) is 3.73. The van der Waals surface area contributed by atoms with Crippen molar-refractivity contribution in [3.8, 4) is 0 Å². The van der Waals surface area contributed by atoms with Gasteiger partial charge in [0.25, 0.3) is 0 Å². The molecular weight excluding hydrogens is 164 g/mol. The zero-order valence-corrected chi connectivity index (χ0v) is 9.85. The van der Waals surface area contributed by atoms with Crippen molar-refractivity contribution in [3.05, 3.63) is 0 Å². The Balaban J connectivity index is 2.48. The lowest BCUT2D eigenvalue weighted by Crippen LogP contribution is -2.34. The van der Waals surface area contributed by atoms with Crippen LogP contribution in [0.15, 0.2) is 0 Å². The van der Waals surface area contributed by atoms with Gasteiger partial charge in [-0.1, -0.05) is 45.8 Å². The first-order valence-corrected chi connectivity index (χ1v) is 8.33. The van der Waals surface area contributed by atoms with E-state index in [4.69, 9.17) is 0 Å². The molecule has 1 rings (SSSR count). The van der Waals surface area contributed by atoms with Gasteiger partial charge in [0.05, 0.1) is 14.2 Å². The van der Waals surface area contributed by atoms with Crippen LogP contribution in [0.2, 0.25) is 24.2 Å². The van der Waals surface area contributed by atoms with Gasteiger partial charge in [0, 0.05) is 0 Å². The molecule has 1 saturated carbocycles. The van der Waals surface area contributed by atoms with E-state index in [0.717, 1.165) is 6.42 Å². The van der Waals surface area contributed by atoms with Crippen molar-refractivity contribution >= 4 is 8.07 Å². The Hall–Kier alpha value is 0.177. The second kappa shape index (κ2) is 3.15. The highest BCUT2D eigenvalue weighted by molar-refractivity contribution is 6.81. The van der Waals surface area contributed by atoms with Gasteiger partial charge in [-0.3, -0.25) is 0 Å². The normalized spacial score (nSPS) is 35.2. The maximum absolute atomic E-state index is 9.56. The van der Waals surface area contributed by atoms with Crippen LogP contribution in [0.4, 0.5) is 0 Å². The summed E-state index contributed by atoms with van der Waals surface area (Å²) in [7, 11) is -1.13. The third-order valence-electron chi connectivity index (χ3n) is 3.89. The van der Waals surface area contributed by atoms with E-state index in [1.165, 1.54) is 18.9 Å². The number of hydrogen-bond donors (Lipinski definition) is 1. The van der Waals surface area contributed by atoms with Gasteiger partial charge in [-0.25, -0.2) is 0 Å². The maximum Gasteiger partial charge on any atom is 0.0574 e. The Morgan fingerprint density at radius 1 is 1.50 bits per heavy atom. The Bertz CT molecular complexity index is 167. The van der Waals surface area contributed by atoms with Crippen molar-refractivity contribution in [1.29, 1.82) is 0 Å². The Kier molecular flexibility index (Phi) is 2.69. The summed E-state index contributed by atoms with van der Waals surface area (Å²) in [5, 5.41) is 9.90. The van der Waals surface area contributed by atoms with Gasteiger partial charge in [-0.15, -0.1) is 0 Å². The smallest absolute Gasteiger partial charge is 0.0574 e. The molecule has 0 spiro atoms. The van der Waals surface area contributed by atoms with Crippen LogP contribution in [-0.2, 0) is 0 Å². The summed E-state index contributed by atoms with van der Waals surface area (Å²) in [6, 6.07) is 1.39. The minimum absolute atomic E-state index is 0.0241. The first kappa shape index (κ1) is 10.3. The van der Waals surface area contributed by atoms with Gasteiger partial charge in [-0.2, -0.15) is 0 Å². The number of rotatable bonds is 4. The molecule has 0 aromatic heterocycles. The molecule has 2 atom stereocenters. The van der Waals surface area contributed by atoms with E-state index >= 15 is 0 Å². The maximum atomic E-state index is 9.56. The van der Waals surface area contributed by atoms with E-state index < -0.39 is 8.07 Å². The van der Waals surface area contributed by atoms with Crippen molar-refractivity contribution in [3.63, 3.8) is 0 Å². The van der Waals surface area contributed by atoms with Crippen LogP contribution < -0.4 is 0 Å². The molecule has 0 heterocycles. The van der Waals surface area contributed by atoms with Gasteiger partial charge in [0.1, 0.15) is 0 Å². The molecule has 0 aliphatic heterocycles. The fourth-order valence-electron chi connectivity index (χ4n) is 1.97. The van der Waals surface area contributed by atoms with E-state index in [2.05, 4.69) is 26.9 Å². The number of aliphatic hydroxyl groups excluding tert-OH is 1. The molecule has 1 nitrogen and oxygen atoms in total. The minimum Gasteiger partial charge on any atom is -0.393 e. The molecular formula is C10H22OSi. The average Bonchev–Trinajstić information content (AvgIpc) is 2.58. The highest BCUT2D eigenvalue weighted by Crippen LogP contribution is 2.61. The summed E-state index contributed by atoms with van der Waals surface area (Å²) in [5.74, 6) is 0. The zero-order valence-electron chi connectivity index (χ0n) is 8.85. The van der Waals surface area contributed by atoms with Gasteiger partial charge in [-0.05, 0) is 11.5 Å². The quantitative estimate of drug-likeness (QED) is 0.669. The van der Waals surface area contributed by atoms with E-state index in [-0.39, 0.29) is 6.10 Å². The predicted octanol–water partition coefficient (Wildman–Crippen LogP) is 3.02. The lowest BCUT2D eigenvalue weighted by molar-refractivity contribution is 0.264. The summed E-state index contributed by atoms with van der Waals surface area (Å²) < 4.78 is 0. The summed E-state index contributed by atoms with van der Waals surface area (Å²) in [6.45, 7) is 9.38. The van der Waals surface area contributed by atoms with Crippen LogP contribution in [0.1, 0.15) is 33.1 Å². The molecule has 0 saturated heterocycles. The fourth-order valence-corrected chi connectivity index (χ4v) is 5.43. The van der Waals surface area contributed by atoms with Crippen LogP contribution in [-0.4, -0.2) is 19.3 Å². The van der Waals surface area contributed by atoms with Crippen LogP contribution in [0.25, 0.3) is 0 Å². The SMILES string of the molecule is CCCC[Si](C)(C)C1(C)CC1O. The zero-order chi connectivity index (χ0) is 9.41. The van der Waals surface area contributed by atoms with Crippen molar-refractivity contribution in [2.24, 2.45) is 0 Å². The van der Waals surface area contributed by atoms with Crippen LogP contribution in [0, 0.1) is 0 Å². The molecule has 1 N–H and O–H groups in total. The van der Waals surface area contributed by atoms with Crippen molar-refractivity contribution < 1.29 is 5.11 Å². The minimum atomic E-state index is -1.13. The van der Waals surface area contributed by atoms with E-state index in [9.17, 15) is 5.11 Å². The molecule has 0 aromatic carbocycles. The molecule has 0 aromatic rings. The first-order valence-electron chi connectivity index (χ1n) is 5.12. The van der Waals surface area contributed by atoms with Gasteiger partial charge in [0.2, 0.25) is 0 Å². The van der Waals surface area contributed by atoms with Crippen LogP contribution in [0.5, 0.6) is 0 Å². The van der Waals surface area contributed by atoms with Gasteiger partial charge in [0.15, 0.2) is 0 Å². The highest BCUT2D eigenvalue weighted by atomic mass is 28.3. The third kappa shape index (κ3) is 1.60. The second-order valence-corrected chi connectivity index (χ2v) is 10.5. The van der Waals surface area contributed by atoms with Crippen LogP contribution in [0.3, 0.4) is 0 Å². The van der Waals surface area contributed by atoms with Gasteiger partial charge < -0.3 is 5.11 Å². The molecule has 0 radical (unpaired) electrons. The van der Waals surface area contributed by atoms with Crippen molar-refractivity contribution in [2.45, 2.75) is 63.4 Å². The molecule has 2 unspecified atom stereocenters. The monoisotopic (exact) mass is 186 g/mol. The van der Waals surface area contributed by atoms with Crippen LogP contribution >= 0.6 is 0 Å². The first-order chi connectivity index (χ1) is 5.44. The Morgan fingerprint density at radius 2 is 2.00 bits per heavy atom. The Morgan fingerprint density at radius 3 is 2.33 bits per heavy atom. The van der Waals surface area contributed by atoms with Gasteiger partial charge >= 0.3 is 0 Å². The third-order valence-corrected chi connectivity index (χ3v) is 9.13. The largest absolute Gasteiger partial charge is 0.393 e. The van der Waals surface area contributed by atoms with Crippen molar-refractivity contribution in [2.75, 3.05) is 0 Å². The lowest BCUT2D eigenvalue weighted by Gasteiger charge is -2.30. The molecule has 12 heavy (non-hydrogen) atoms. The predicted molar refractivity (Wildman–Crippen MR) is 56.2 cm³/mol. The van der Waals surface area contributed by atoms with Crippen molar-refractivity contribution in [1.82, 2.24) is 0 Å². The number of hydrogen-bond acceptors (Lipinski definition) is 1. The fraction of sp³-hybridized carbons (Fsp3) is 1.00. The summed E-state index contributed by atoms with van der Waals surface area (Å²) >= 11 is 0. The molecule has 1 fully saturated rings. The molecule has 72 valence electrons. The molecule has 2 heteroatoms. The standard InChI is InChI=1S/C10H22OSi/c1-5-6-7-12(3,4)10(2)8-9(10)11/h9,11H,5-8H2,1-4H3. The molecule has 1 aliphatic rings. The topological polar surface area (TPSA) is 20.2 Å². The van der Waals surface area contributed by atoms with E-state index in [0.29, 0.717) is 5.04 Å². The average molecular weight is 186 g/mol. The summed E-state index contributed by atoms with van der Waals surface area (Å²) in [4.78, 5) is 0. The highest BCUT2D eigenvalue weighted by Gasteiger charge is 2.58. The second-order valence-electron chi connectivity index (χ2n) is 5.12. The number of aliphatic hydroxyl groups is 1. The van der Waals surface area contributed by atoms with E-state index in [1.807, 2.05) is 0 Å². The lowest BCUT2D eigenvalue weighted by atomic mass is 10.4. The molecule has 1 aliphatic carbocycles.